The first kappa shape index (κ1) is 21.3. The van der Waals surface area contributed by atoms with Gasteiger partial charge >= 0.3 is 0 Å². The number of thiophene rings is 1. The molecule has 2 aromatic rings. The molecule has 0 aromatic carbocycles. The van der Waals surface area contributed by atoms with Crippen molar-refractivity contribution in [3.05, 3.63) is 45.5 Å². The Kier molecular flexibility index (Phi) is 9.11. The topological polar surface area (TPSA) is 69.8 Å². The van der Waals surface area contributed by atoms with E-state index in [0.29, 0.717) is 11.7 Å². The fraction of sp³-hybridized carbons (Fsp3) is 0.438. The normalized spacial score (nSPS) is 13.9. The maximum atomic E-state index is 10.4. The van der Waals surface area contributed by atoms with Crippen LogP contribution in [0.3, 0.4) is 0 Å². The molecule has 0 radical (unpaired) electrons. The van der Waals surface area contributed by atoms with Crippen LogP contribution in [0.1, 0.15) is 24.5 Å². The number of guanidine groups is 1. The molecule has 0 saturated heterocycles. The Morgan fingerprint density at radius 3 is 2.75 bits per heavy atom. The van der Waals surface area contributed by atoms with Gasteiger partial charge in [-0.05, 0) is 44.5 Å². The molecule has 2 aromatic heterocycles. The lowest BCUT2D eigenvalue weighted by atomic mass is 10.0. The van der Waals surface area contributed by atoms with Crippen molar-refractivity contribution in [3.63, 3.8) is 0 Å². The summed E-state index contributed by atoms with van der Waals surface area (Å²) in [7, 11) is 0. The highest BCUT2D eigenvalue weighted by atomic mass is 127. The van der Waals surface area contributed by atoms with Crippen LogP contribution in [0, 0.1) is 0 Å². The summed E-state index contributed by atoms with van der Waals surface area (Å²) in [4.78, 5) is 5.66. The van der Waals surface area contributed by atoms with Crippen molar-refractivity contribution >= 4 is 52.9 Å². The molecule has 5 nitrogen and oxygen atoms in total. The van der Waals surface area contributed by atoms with Gasteiger partial charge in [0.1, 0.15) is 11.4 Å². The molecule has 2 rings (SSSR count). The first-order valence-electron chi connectivity index (χ1n) is 7.54. The maximum absolute atomic E-state index is 10.4. The zero-order valence-corrected chi connectivity index (χ0v) is 17.6. The van der Waals surface area contributed by atoms with E-state index in [1.54, 1.807) is 36.7 Å². The maximum Gasteiger partial charge on any atom is 0.191 e. The largest absolute Gasteiger partial charge is 0.466 e. The number of nitrogens with one attached hydrogen (secondary N) is 2. The van der Waals surface area contributed by atoms with Gasteiger partial charge in [0.15, 0.2) is 5.96 Å². The van der Waals surface area contributed by atoms with E-state index in [4.69, 9.17) is 16.0 Å². The minimum Gasteiger partial charge on any atom is -0.466 e. The van der Waals surface area contributed by atoms with Gasteiger partial charge in [0.25, 0.3) is 0 Å². The van der Waals surface area contributed by atoms with E-state index in [1.165, 1.54) is 4.88 Å². The lowest BCUT2D eigenvalue weighted by Crippen LogP contribution is -2.39. The van der Waals surface area contributed by atoms with E-state index in [2.05, 4.69) is 15.6 Å². The third-order valence-electron chi connectivity index (χ3n) is 3.23. The minimum atomic E-state index is -1.13. The fourth-order valence-electron chi connectivity index (χ4n) is 2.03. The lowest BCUT2D eigenvalue weighted by Gasteiger charge is -2.19. The first-order valence-corrected chi connectivity index (χ1v) is 8.73. The Hall–Kier alpha value is -0.770. The quantitative estimate of drug-likeness (QED) is 0.320. The van der Waals surface area contributed by atoms with Crippen LogP contribution < -0.4 is 10.6 Å². The molecule has 0 bridgehead atoms. The fourth-order valence-corrected chi connectivity index (χ4v) is 3.11. The monoisotopic (exact) mass is 483 g/mol. The van der Waals surface area contributed by atoms with Crippen molar-refractivity contribution in [1.82, 2.24) is 10.6 Å². The SMILES string of the molecule is CCNC(=NCC(C)(O)c1ccco1)NCCc1ccc(Cl)s1.I. The summed E-state index contributed by atoms with van der Waals surface area (Å²) >= 11 is 7.51. The molecule has 0 aliphatic carbocycles. The Labute approximate surface area is 168 Å². The Morgan fingerprint density at radius 2 is 2.17 bits per heavy atom. The molecule has 24 heavy (non-hydrogen) atoms. The molecule has 0 saturated carbocycles. The van der Waals surface area contributed by atoms with Crippen molar-refractivity contribution in [1.29, 1.82) is 0 Å². The zero-order valence-electron chi connectivity index (χ0n) is 13.7. The van der Waals surface area contributed by atoms with Gasteiger partial charge in [-0.3, -0.25) is 0 Å². The highest BCUT2D eigenvalue weighted by Gasteiger charge is 2.25. The van der Waals surface area contributed by atoms with Gasteiger partial charge < -0.3 is 20.2 Å². The van der Waals surface area contributed by atoms with Gasteiger partial charge in [0.05, 0.1) is 17.1 Å². The minimum absolute atomic E-state index is 0. The second kappa shape index (κ2) is 10.3. The van der Waals surface area contributed by atoms with Crippen LogP contribution in [0.2, 0.25) is 4.34 Å². The lowest BCUT2D eigenvalue weighted by molar-refractivity contribution is 0.0437. The van der Waals surface area contributed by atoms with Gasteiger partial charge in [0, 0.05) is 18.0 Å². The highest BCUT2D eigenvalue weighted by Crippen LogP contribution is 2.22. The van der Waals surface area contributed by atoms with Crippen molar-refractivity contribution in [2.75, 3.05) is 19.6 Å². The third-order valence-corrected chi connectivity index (χ3v) is 4.52. The highest BCUT2D eigenvalue weighted by molar-refractivity contribution is 14.0. The van der Waals surface area contributed by atoms with E-state index in [1.807, 2.05) is 19.1 Å². The van der Waals surface area contributed by atoms with Crippen molar-refractivity contribution in [3.8, 4) is 0 Å². The Morgan fingerprint density at radius 1 is 1.38 bits per heavy atom. The Bertz CT molecular complexity index is 629. The van der Waals surface area contributed by atoms with Crippen LogP contribution in [0.4, 0.5) is 0 Å². The van der Waals surface area contributed by atoms with Gasteiger partial charge in [-0.25, -0.2) is 4.99 Å². The average Bonchev–Trinajstić information content (AvgIpc) is 3.17. The molecule has 134 valence electrons. The second-order valence-electron chi connectivity index (χ2n) is 5.33. The molecule has 0 fully saturated rings. The van der Waals surface area contributed by atoms with E-state index in [0.717, 1.165) is 23.8 Å². The van der Waals surface area contributed by atoms with E-state index in [9.17, 15) is 5.11 Å². The van der Waals surface area contributed by atoms with E-state index in [-0.39, 0.29) is 30.5 Å². The summed E-state index contributed by atoms with van der Waals surface area (Å²) in [5.41, 5.74) is -1.13. The number of furan rings is 1. The number of aliphatic hydroxyl groups is 1. The molecule has 8 heteroatoms. The number of rotatable bonds is 7. The molecule has 0 aliphatic rings. The second-order valence-corrected chi connectivity index (χ2v) is 7.13. The molecular weight excluding hydrogens is 461 g/mol. The van der Waals surface area contributed by atoms with Crippen LogP contribution in [0.5, 0.6) is 0 Å². The molecule has 0 amide bonds. The summed E-state index contributed by atoms with van der Waals surface area (Å²) in [6.07, 6.45) is 2.42. The molecule has 1 unspecified atom stereocenters. The van der Waals surface area contributed by atoms with Crippen LogP contribution in [0.15, 0.2) is 39.9 Å². The van der Waals surface area contributed by atoms with Crippen LogP contribution >= 0.6 is 46.9 Å². The summed E-state index contributed by atoms with van der Waals surface area (Å²) in [5.74, 6) is 1.17. The number of nitrogens with zero attached hydrogens (tertiary/aromatic N) is 1. The third kappa shape index (κ3) is 6.62. The molecule has 3 N–H and O–H groups in total. The summed E-state index contributed by atoms with van der Waals surface area (Å²) < 4.78 is 6.06. The standard InChI is InChI=1S/C16H22ClN3O2S.HI/c1-3-18-15(19-9-8-12-6-7-14(17)23-12)20-11-16(2,21)13-5-4-10-22-13;/h4-7,10,21H,3,8-9,11H2,1-2H3,(H2,18,19,20);1H. The van der Waals surface area contributed by atoms with Gasteiger partial charge in [-0.1, -0.05) is 11.6 Å². The summed E-state index contributed by atoms with van der Waals surface area (Å²) in [6, 6.07) is 7.43. The molecule has 0 spiro atoms. The first-order chi connectivity index (χ1) is 11.0. The summed E-state index contributed by atoms with van der Waals surface area (Å²) in [5, 5.41) is 16.9. The zero-order chi connectivity index (χ0) is 16.7. The predicted octanol–water partition coefficient (Wildman–Crippen LogP) is 3.62. The van der Waals surface area contributed by atoms with Crippen LogP contribution in [0.25, 0.3) is 0 Å². The number of hydrogen-bond donors (Lipinski definition) is 3. The smallest absolute Gasteiger partial charge is 0.191 e. The van der Waals surface area contributed by atoms with Gasteiger partial charge in [-0.15, -0.1) is 35.3 Å². The van der Waals surface area contributed by atoms with Crippen LogP contribution in [-0.4, -0.2) is 30.7 Å². The van der Waals surface area contributed by atoms with E-state index < -0.39 is 5.60 Å². The number of halogens is 2. The predicted molar refractivity (Wildman–Crippen MR) is 111 cm³/mol. The van der Waals surface area contributed by atoms with Crippen molar-refractivity contribution in [2.45, 2.75) is 25.9 Å². The van der Waals surface area contributed by atoms with Gasteiger partial charge in [-0.2, -0.15) is 0 Å². The number of hydrogen-bond acceptors (Lipinski definition) is 4. The van der Waals surface area contributed by atoms with Gasteiger partial charge in [0.2, 0.25) is 0 Å². The number of aliphatic imine (C=N–C) groups is 1. The molecule has 0 aliphatic heterocycles. The Balaban J connectivity index is 0.00000288. The molecular formula is C16H23ClIN3O2S. The van der Waals surface area contributed by atoms with E-state index >= 15 is 0 Å². The average molecular weight is 484 g/mol. The van der Waals surface area contributed by atoms with Crippen LogP contribution in [-0.2, 0) is 12.0 Å². The molecule has 2 heterocycles. The summed E-state index contributed by atoms with van der Waals surface area (Å²) in [6.45, 7) is 5.39. The van der Waals surface area contributed by atoms with Crippen molar-refractivity contribution < 1.29 is 9.52 Å². The molecule has 1 atom stereocenters. The van der Waals surface area contributed by atoms with Crippen molar-refractivity contribution in [2.24, 2.45) is 4.99 Å².